The van der Waals surface area contributed by atoms with Crippen LogP contribution in [0.5, 0.6) is 0 Å². The number of nitrogens with one attached hydrogen (secondary N) is 2. The quantitative estimate of drug-likeness (QED) is 0.889. The molecule has 2 atom stereocenters. The second-order valence-electron chi connectivity index (χ2n) is 6.47. The second-order valence-corrected chi connectivity index (χ2v) is 6.47. The molecule has 24 heavy (non-hydrogen) atoms. The fourth-order valence-electron chi connectivity index (χ4n) is 3.29. The molecule has 0 bridgehead atoms. The third kappa shape index (κ3) is 3.97. The van der Waals surface area contributed by atoms with E-state index in [-0.39, 0.29) is 30.2 Å². The zero-order valence-corrected chi connectivity index (χ0v) is 15.2. The second kappa shape index (κ2) is 7.81. The highest BCUT2D eigenvalue weighted by Gasteiger charge is 2.34. The van der Waals surface area contributed by atoms with Crippen molar-refractivity contribution in [3.63, 3.8) is 0 Å². The zero-order chi connectivity index (χ0) is 16.4. The Balaban J connectivity index is 0.00000208. The molecule has 0 radical (unpaired) electrons. The van der Waals surface area contributed by atoms with Gasteiger partial charge in [0.25, 0.3) is 0 Å². The van der Waals surface area contributed by atoms with Crippen LogP contribution in [0.1, 0.15) is 28.2 Å². The number of benzene rings is 1. The Labute approximate surface area is 149 Å². The number of rotatable bonds is 4. The number of nitrogens with zero attached hydrogens (tertiary/aromatic N) is 2. The van der Waals surface area contributed by atoms with Gasteiger partial charge in [0.15, 0.2) is 0 Å². The minimum atomic E-state index is -0.0371. The van der Waals surface area contributed by atoms with Crippen molar-refractivity contribution in [1.82, 2.24) is 20.4 Å². The first-order chi connectivity index (χ1) is 11.0. The summed E-state index contributed by atoms with van der Waals surface area (Å²) in [4.78, 5) is 12.6. The Kier molecular flexibility index (Phi) is 6.02. The summed E-state index contributed by atoms with van der Waals surface area (Å²) in [5.74, 6) is 0.275. The van der Waals surface area contributed by atoms with Gasteiger partial charge in [-0.05, 0) is 30.5 Å². The molecule has 1 aromatic carbocycles. The van der Waals surface area contributed by atoms with Crippen LogP contribution < -0.4 is 10.6 Å². The summed E-state index contributed by atoms with van der Waals surface area (Å²) in [5, 5.41) is 10.7. The van der Waals surface area contributed by atoms with E-state index in [1.54, 1.807) is 4.68 Å². The molecule has 1 fully saturated rings. The first kappa shape index (κ1) is 18.5. The van der Waals surface area contributed by atoms with Crippen LogP contribution >= 0.6 is 12.4 Å². The summed E-state index contributed by atoms with van der Waals surface area (Å²) in [5.41, 5.74) is 4.77. The molecule has 1 aliphatic rings. The van der Waals surface area contributed by atoms with Crippen LogP contribution in [0.3, 0.4) is 0 Å². The van der Waals surface area contributed by atoms with E-state index in [0.717, 1.165) is 18.7 Å². The van der Waals surface area contributed by atoms with Crippen molar-refractivity contribution < 1.29 is 4.79 Å². The van der Waals surface area contributed by atoms with E-state index in [4.69, 9.17) is 0 Å². The van der Waals surface area contributed by atoms with Crippen molar-refractivity contribution in [2.24, 2.45) is 13.0 Å². The first-order valence-electron chi connectivity index (χ1n) is 8.07. The van der Waals surface area contributed by atoms with Crippen LogP contribution in [0.2, 0.25) is 0 Å². The van der Waals surface area contributed by atoms with Crippen LogP contribution in [-0.2, 0) is 18.4 Å². The van der Waals surface area contributed by atoms with Crippen LogP contribution in [-0.4, -0.2) is 28.8 Å². The predicted molar refractivity (Wildman–Crippen MR) is 97.3 cm³/mol. The van der Waals surface area contributed by atoms with E-state index >= 15 is 0 Å². The van der Waals surface area contributed by atoms with E-state index in [2.05, 4.69) is 47.8 Å². The molecular weight excluding hydrogens is 324 g/mol. The van der Waals surface area contributed by atoms with Gasteiger partial charge in [0.2, 0.25) is 5.91 Å². The van der Waals surface area contributed by atoms with Gasteiger partial charge in [0.1, 0.15) is 0 Å². The summed E-state index contributed by atoms with van der Waals surface area (Å²) >= 11 is 0. The van der Waals surface area contributed by atoms with Gasteiger partial charge in [-0.2, -0.15) is 5.10 Å². The standard InChI is InChI=1S/C18H24N4O.ClH/c1-12-4-5-14(13(2)6-12)7-20-18(23)17-10-19-9-16(17)15-8-21-22(3)11-15;/h4-6,8,11,16-17,19H,7,9-10H2,1-3H3,(H,20,23);1H/t16-,17+;/m1./s1. The lowest BCUT2D eigenvalue weighted by Crippen LogP contribution is -2.34. The highest BCUT2D eigenvalue weighted by Crippen LogP contribution is 2.28. The fraction of sp³-hybridized carbons (Fsp3) is 0.444. The van der Waals surface area contributed by atoms with Gasteiger partial charge >= 0.3 is 0 Å². The van der Waals surface area contributed by atoms with Crippen LogP contribution in [0.4, 0.5) is 0 Å². The van der Waals surface area contributed by atoms with E-state index in [1.165, 1.54) is 16.7 Å². The number of amides is 1. The lowest BCUT2D eigenvalue weighted by Gasteiger charge is -2.17. The van der Waals surface area contributed by atoms with Crippen LogP contribution in [0.25, 0.3) is 0 Å². The van der Waals surface area contributed by atoms with Gasteiger partial charge in [-0.25, -0.2) is 0 Å². The van der Waals surface area contributed by atoms with Gasteiger partial charge in [-0.3, -0.25) is 9.48 Å². The molecule has 1 amide bonds. The number of hydrogen-bond acceptors (Lipinski definition) is 3. The Morgan fingerprint density at radius 3 is 2.83 bits per heavy atom. The molecule has 2 heterocycles. The molecule has 6 heteroatoms. The van der Waals surface area contributed by atoms with Crippen LogP contribution in [0, 0.1) is 19.8 Å². The molecule has 0 unspecified atom stereocenters. The third-order valence-corrected chi connectivity index (χ3v) is 4.66. The average molecular weight is 349 g/mol. The highest BCUT2D eigenvalue weighted by molar-refractivity contribution is 5.85. The molecule has 1 aliphatic heterocycles. The fourth-order valence-corrected chi connectivity index (χ4v) is 3.29. The van der Waals surface area contributed by atoms with Crippen molar-refractivity contribution in [2.45, 2.75) is 26.3 Å². The van der Waals surface area contributed by atoms with E-state index < -0.39 is 0 Å². The normalized spacial score (nSPS) is 19.8. The van der Waals surface area contributed by atoms with Gasteiger partial charge < -0.3 is 10.6 Å². The van der Waals surface area contributed by atoms with E-state index in [1.807, 2.05) is 19.4 Å². The maximum atomic E-state index is 12.6. The molecule has 1 aromatic heterocycles. The minimum absolute atomic E-state index is 0. The summed E-state index contributed by atoms with van der Waals surface area (Å²) in [6.07, 6.45) is 3.87. The van der Waals surface area contributed by atoms with Gasteiger partial charge in [0.05, 0.1) is 12.1 Å². The van der Waals surface area contributed by atoms with Crippen molar-refractivity contribution in [3.05, 3.63) is 52.8 Å². The number of aryl methyl sites for hydroxylation is 3. The van der Waals surface area contributed by atoms with E-state index in [9.17, 15) is 4.79 Å². The summed E-state index contributed by atoms with van der Waals surface area (Å²) in [6.45, 7) is 6.30. The Bertz CT molecular complexity index is 713. The molecule has 2 aromatic rings. The monoisotopic (exact) mass is 348 g/mol. The summed E-state index contributed by atoms with van der Waals surface area (Å²) < 4.78 is 1.79. The van der Waals surface area contributed by atoms with Crippen molar-refractivity contribution in [1.29, 1.82) is 0 Å². The Morgan fingerprint density at radius 2 is 2.17 bits per heavy atom. The maximum absolute atomic E-state index is 12.6. The number of hydrogen-bond donors (Lipinski definition) is 2. The van der Waals surface area contributed by atoms with Crippen molar-refractivity contribution in [3.8, 4) is 0 Å². The number of carbonyl (C=O) groups excluding carboxylic acids is 1. The molecule has 0 aliphatic carbocycles. The minimum Gasteiger partial charge on any atom is -0.352 e. The maximum Gasteiger partial charge on any atom is 0.225 e. The molecule has 0 spiro atoms. The number of halogens is 1. The number of aromatic nitrogens is 2. The largest absolute Gasteiger partial charge is 0.352 e. The summed E-state index contributed by atoms with van der Waals surface area (Å²) in [6, 6.07) is 6.33. The van der Waals surface area contributed by atoms with Gasteiger partial charge in [-0.1, -0.05) is 23.8 Å². The molecule has 130 valence electrons. The molecular formula is C18H25ClN4O. The Hall–Kier alpha value is -1.85. The number of carbonyl (C=O) groups is 1. The zero-order valence-electron chi connectivity index (χ0n) is 14.4. The van der Waals surface area contributed by atoms with Gasteiger partial charge in [0, 0.05) is 38.8 Å². The van der Waals surface area contributed by atoms with Crippen LogP contribution in [0.15, 0.2) is 30.6 Å². The van der Waals surface area contributed by atoms with Crippen molar-refractivity contribution in [2.75, 3.05) is 13.1 Å². The lowest BCUT2D eigenvalue weighted by atomic mass is 9.90. The SMILES string of the molecule is Cc1ccc(CNC(=O)[C@H]2CNC[C@@H]2c2cnn(C)c2)c(C)c1.Cl. The molecule has 2 N–H and O–H groups in total. The molecule has 1 saturated heterocycles. The van der Waals surface area contributed by atoms with E-state index in [0.29, 0.717) is 6.54 Å². The Morgan fingerprint density at radius 1 is 1.38 bits per heavy atom. The highest BCUT2D eigenvalue weighted by atomic mass is 35.5. The molecule has 5 nitrogen and oxygen atoms in total. The predicted octanol–water partition coefficient (Wildman–Crippen LogP) is 2.08. The molecule has 0 saturated carbocycles. The average Bonchev–Trinajstić information content (AvgIpc) is 3.14. The third-order valence-electron chi connectivity index (χ3n) is 4.66. The van der Waals surface area contributed by atoms with Crippen molar-refractivity contribution >= 4 is 18.3 Å². The first-order valence-corrected chi connectivity index (χ1v) is 8.07. The van der Waals surface area contributed by atoms with Gasteiger partial charge in [-0.15, -0.1) is 12.4 Å². The summed E-state index contributed by atoms with van der Waals surface area (Å²) in [7, 11) is 1.90. The smallest absolute Gasteiger partial charge is 0.225 e. The topological polar surface area (TPSA) is 59.0 Å². The lowest BCUT2D eigenvalue weighted by molar-refractivity contribution is -0.125. The molecule has 3 rings (SSSR count).